The fraction of sp³-hybridized carbons (Fsp3) is 0.182. The molecule has 0 saturated carbocycles. The summed E-state index contributed by atoms with van der Waals surface area (Å²) in [5.74, 6) is 0.139. The van der Waals surface area contributed by atoms with Crippen LogP contribution in [0.4, 0.5) is 0 Å². The van der Waals surface area contributed by atoms with Gasteiger partial charge < -0.3 is 10.1 Å². The number of ether oxygens (including phenoxy) is 1. The smallest absolute Gasteiger partial charge is 0.275 e. The minimum Gasteiger partial charge on any atom is -0.493 e. The molecule has 0 fully saturated rings. The number of fused-ring (bicyclic) bond motifs is 1. The van der Waals surface area contributed by atoms with E-state index in [0.29, 0.717) is 11.3 Å². The molecule has 0 unspecified atom stereocenters. The topological polar surface area (TPSA) is 64.1 Å². The number of methoxy groups -OCH3 is 1. The van der Waals surface area contributed by atoms with Crippen molar-refractivity contribution in [2.75, 3.05) is 14.2 Å². The van der Waals surface area contributed by atoms with Gasteiger partial charge in [0.15, 0.2) is 11.4 Å². The van der Waals surface area contributed by atoms with E-state index in [9.17, 15) is 4.79 Å². The van der Waals surface area contributed by atoms with Crippen LogP contribution in [0.15, 0.2) is 24.3 Å². The number of amides is 1. The van der Waals surface area contributed by atoms with Crippen LogP contribution in [0.3, 0.4) is 0 Å². The third-order valence-corrected chi connectivity index (χ3v) is 2.27. The number of benzene rings is 1. The molecule has 5 nitrogen and oxygen atoms in total. The lowest BCUT2D eigenvalue weighted by molar-refractivity contribution is 0.0954. The molecule has 0 saturated heterocycles. The maximum absolute atomic E-state index is 11.5. The molecule has 0 aliphatic heterocycles. The third-order valence-electron chi connectivity index (χ3n) is 2.27. The highest BCUT2D eigenvalue weighted by Crippen LogP contribution is 2.25. The van der Waals surface area contributed by atoms with E-state index in [0.717, 1.165) is 5.39 Å². The molecule has 16 heavy (non-hydrogen) atoms. The summed E-state index contributed by atoms with van der Waals surface area (Å²) in [5, 5.41) is 11.1. The summed E-state index contributed by atoms with van der Waals surface area (Å²) in [7, 11) is 3.05. The Hall–Kier alpha value is -2.17. The summed E-state index contributed by atoms with van der Waals surface area (Å²) < 4.78 is 5.22. The Bertz CT molecular complexity index is 540. The molecule has 1 amide bonds. The summed E-state index contributed by atoms with van der Waals surface area (Å²) in [6.07, 6.45) is 0. The molecule has 0 atom stereocenters. The van der Waals surface area contributed by atoms with Gasteiger partial charge in [-0.05, 0) is 12.1 Å². The first-order valence-electron chi connectivity index (χ1n) is 4.79. The van der Waals surface area contributed by atoms with E-state index in [2.05, 4.69) is 15.5 Å². The summed E-state index contributed by atoms with van der Waals surface area (Å²) in [5.41, 5.74) is 0.899. The van der Waals surface area contributed by atoms with Gasteiger partial charge in [0.25, 0.3) is 5.91 Å². The monoisotopic (exact) mass is 217 g/mol. The van der Waals surface area contributed by atoms with Gasteiger partial charge in [0.2, 0.25) is 0 Å². The highest BCUT2D eigenvalue weighted by atomic mass is 16.5. The molecule has 1 N–H and O–H groups in total. The van der Waals surface area contributed by atoms with Crippen LogP contribution in [0, 0.1) is 0 Å². The van der Waals surface area contributed by atoms with Gasteiger partial charge in [-0.1, -0.05) is 12.1 Å². The second kappa shape index (κ2) is 4.14. The number of carbonyl (C=O) groups is 1. The van der Waals surface area contributed by atoms with E-state index in [1.54, 1.807) is 7.05 Å². The van der Waals surface area contributed by atoms with Gasteiger partial charge in [0, 0.05) is 12.4 Å². The van der Waals surface area contributed by atoms with Crippen molar-refractivity contribution in [3.63, 3.8) is 0 Å². The number of rotatable bonds is 2. The fourth-order valence-electron chi connectivity index (χ4n) is 1.50. The van der Waals surface area contributed by atoms with Crippen LogP contribution >= 0.6 is 0 Å². The minimum absolute atomic E-state index is 0.198. The Labute approximate surface area is 92.4 Å². The standard InChI is InChI=1S/C11H11N3O2/c1-12-11(15)9-10(16-2)7-5-3-4-6-8(7)13-14-9/h3-6H,1-2H3,(H,12,15). The van der Waals surface area contributed by atoms with Crippen LogP contribution in [0.2, 0.25) is 0 Å². The SMILES string of the molecule is CNC(=O)c1nnc2ccccc2c1OC. The van der Waals surface area contributed by atoms with Crippen LogP contribution in [-0.4, -0.2) is 30.3 Å². The maximum Gasteiger partial charge on any atom is 0.275 e. The molecule has 82 valence electrons. The van der Waals surface area contributed by atoms with Gasteiger partial charge in [0.05, 0.1) is 12.6 Å². The van der Waals surface area contributed by atoms with Crippen LogP contribution in [0.25, 0.3) is 10.9 Å². The lowest BCUT2D eigenvalue weighted by Gasteiger charge is -2.08. The Morgan fingerprint density at radius 1 is 1.31 bits per heavy atom. The predicted molar refractivity (Wildman–Crippen MR) is 59.5 cm³/mol. The van der Waals surface area contributed by atoms with E-state index >= 15 is 0 Å². The molecule has 2 rings (SSSR count). The first-order valence-corrected chi connectivity index (χ1v) is 4.79. The second-order valence-electron chi connectivity index (χ2n) is 3.18. The number of aromatic nitrogens is 2. The molecule has 1 aromatic heterocycles. The van der Waals surface area contributed by atoms with Crippen molar-refractivity contribution < 1.29 is 9.53 Å². The summed E-state index contributed by atoms with van der Waals surface area (Å²) >= 11 is 0. The zero-order chi connectivity index (χ0) is 11.5. The Kier molecular flexibility index (Phi) is 2.68. The average Bonchev–Trinajstić information content (AvgIpc) is 2.36. The lowest BCUT2D eigenvalue weighted by atomic mass is 10.2. The van der Waals surface area contributed by atoms with Crippen molar-refractivity contribution in [3.05, 3.63) is 30.0 Å². The predicted octanol–water partition coefficient (Wildman–Crippen LogP) is 0.998. The van der Waals surface area contributed by atoms with E-state index in [-0.39, 0.29) is 11.6 Å². The molecule has 1 heterocycles. The number of hydrogen-bond acceptors (Lipinski definition) is 4. The Balaban J connectivity index is 2.72. The molecular weight excluding hydrogens is 206 g/mol. The Morgan fingerprint density at radius 2 is 2.06 bits per heavy atom. The molecule has 5 heteroatoms. The van der Waals surface area contributed by atoms with Gasteiger partial charge >= 0.3 is 0 Å². The number of carbonyl (C=O) groups excluding carboxylic acids is 1. The molecular formula is C11H11N3O2. The molecule has 1 aromatic carbocycles. The van der Waals surface area contributed by atoms with Crippen molar-refractivity contribution >= 4 is 16.8 Å². The van der Waals surface area contributed by atoms with Crippen molar-refractivity contribution in [2.24, 2.45) is 0 Å². The molecule has 0 spiro atoms. The lowest BCUT2D eigenvalue weighted by Crippen LogP contribution is -2.20. The number of nitrogens with one attached hydrogen (secondary N) is 1. The second-order valence-corrected chi connectivity index (χ2v) is 3.18. The van der Waals surface area contributed by atoms with Crippen molar-refractivity contribution in [3.8, 4) is 5.75 Å². The van der Waals surface area contributed by atoms with Gasteiger partial charge in [0.1, 0.15) is 0 Å². The van der Waals surface area contributed by atoms with Gasteiger partial charge in [-0.15, -0.1) is 10.2 Å². The van der Waals surface area contributed by atoms with Gasteiger partial charge in [-0.3, -0.25) is 4.79 Å². The molecule has 0 bridgehead atoms. The van der Waals surface area contributed by atoms with Crippen molar-refractivity contribution in [1.29, 1.82) is 0 Å². The summed E-state index contributed by atoms with van der Waals surface area (Å²) in [6, 6.07) is 7.38. The van der Waals surface area contributed by atoms with Crippen LogP contribution in [0.1, 0.15) is 10.5 Å². The third kappa shape index (κ3) is 1.56. The van der Waals surface area contributed by atoms with E-state index in [1.807, 2.05) is 24.3 Å². The largest absolute Gasteiger partial charge is 0.493 e. The summed E-state index contributed by atoms with van der Waals surface area (Å²) in [4.78, 5) is 11.5. The van der Waals surface area contributed by atoms with Gasteiger partial charge in [-0.2, -0.15) is 0 Å². The molecule has 0 aliphatic carbocycles. The number of hydrogen-bond donors (Lipinski definition) is 1. The fourth-order valence-corrected chi connectivity index (χ4v) is 1.50. The quantitative estimate of drug-likeness (QED) is 0.815. The van der Waals surface area contributed by atoms with E-state index in [1.165, 1.54) is 7.11 Å². The van der Waals surface area contributed by atoms with Crippen LogP contribution in [-0.2, 0) is 0 Å². The van der Waals surface area contributed by atoms with Crippen LogP contribution in [0.5, 0.6) is 5.75 Å². The zero-order valence-corrected chi connectivity index (χ0v) is 9.02. The summed E-state index contributed by atoms with van der Waals surface area (Å²) in [6.45, 7) is 0. The number of nitrogens with zero attached hydrogens (tertiary/aromatic N) is 2. The molecule has 0 radical (unpaired) electrons. The zero-order valence-electron chi connectivity index (χ0n) is 9.02. The Morgan fingerprint density at radius 3 is 2.75 bits per heavy atom. The molecule has 0 aliphatic rings. The van der Waals surface area contributed by atoms with E-state index in [4.69, 9.17) is 4.74 Å². The normalized spacial score (nSPS) is 10.1. The average molecular weight is 217 g/mol. The van der Waals surface area contributed by atoms with Crippen molar-refractivity contribution in [2.45, 2.75) is 0 Å². The highest BCUT2D eigenvalue weighted by Gasteiger charge is 2.16. The van der Waals surface area contributed by atoms with Gasteiger partial charge in [-0.25, -0.2) is 0 Å². The van der Waals surface area contributed by atoms with E-state index < -0.39 is 0 Å². The maximum atomic E-state index is 11.5. The molecule has 2 aromatic rings. The van der Waals surface area contributed by atoms with Crippen molar-refractivity contribution in [1.82, 2.24) is 15.5 Å². The van der Waals surface area contributed by atoms with Crippen LogP contribution < -0.4 is 10.1 Å². The minimum atomic E-state index is -0.310. The highest BCUT2D eigenvalue weighted by molar-refractivity contribution is 6.00. The first kappa shape index (κ1) is 10.4. The first-order chi connectivity index (χ1) is 7.77.